The fraction of sp³-hybridized carbons (Fsp3) is 0.304. The number of nitrogens with one attached hydrogen (secondary N) is 2. The Labute approximate surface area is 176 Å². The van der Waals surface area contributed by atoms with Crippen molar-refractivity contribution in [3.05, 3.63) is 48.7 Å². The van der Waals surface area contributed by atoms with Crippen molar-refractivity contribution in [2.45, 2.75) is 20.3 Å². The Balaban J connectivity index is 1.71. The van der Waals surface area contributed by atoms with Crippen LogP contribution < -0.4 is 24.8 Å². The molecule has 0 bridgehead atoms. The highest BCUT2D eigenvalue weighted by molar-refractivity contribution is 5.89. The minimum Gasteiger partial charge on any atom is -0.493 e. The molecule has 2 amide bonds. The Kier molecular flexibility index (Phi) is 6.95. The van der Waals surface area contributed by atoms with Gasteiger partial charge in [-0.2, -0.15) is 0 Å². The van der Waals surface area contributed by atoms with Crippen LogP contribution in [-0.4, -0.2) is 31.8 Å². The van der Waals surface area contributed by atoms with Gasteiger partial charge in [0.25, 0.3) is 0 Å². The van der Waals surface area contributed by atoms with Crippen LogP contribution in [0.15, 0.2) is 48.7 Å². The zero-order valence-electron chi connectivity index (χ0n) is 17.7. The number of benzene rings is 2. The molecule has 0 radical (unpaired) electrons. The summed E-state index contributed by atoms with van der Waals surface area (Å²) in [5, 5.41) is 6.47. The molecule has 0 saturated carbocycles. The predicted octanol–water partition coefficient (Wildman–Crippen LogP) is 5.21. The number of hydrogen-bond donors (Lipinski definition) is 2. The van der Waals surface area contributed by atoms with Gasteiger partial charge in [0.15, 0.2) is 11.5 Å². The molecule has 2 aromatic carbocycles. The topological polar surface area (TPSA) is 81.7 Å². The van der Waals surface area contributed by atoms with Gasteiger partial charge in [-0.15, -0.1) is 0 Å². The van der Waals surface area contributed by atoms with Gasteiger partial charge in [0, 0.05) is 29.9 Å². The molecule has 0 aliphatic carbocycles. The lowest BCUT2D eigenvalue weighted by molar-refractivity contribution is 0.251. The van der Waals surface area contributed by atoms with E-state index in [1.54, 1.807) is 50.7 Å². The van der Waals surface area contributed by atoms with Gasteiger partial charge in [-0.1, -0.05) is 13.8 Å². The van der Waals surface area contributed by atoms with Crippen LogP contribution in [0, 0.1) is 5.92 Å². The van der Waals surface area contributed by atoms with E-state index in [4.69, 9.17) is 14.2 Å². The minimum absolute atomic E-state index is 0.217. The Morgan fingerprint density at radius 2 is 1.70 bits per heavy atom. The van der Waals surface area contributed by atoms with E-state index in [0.717, 1.165) is 17.3 Å². The highest BCUT2D eigenvalue weighted by atomic mass is 16.5. The average Bonchev–Trinajstić information content (AvgIpc) is 2.74. The first kappa shape index (κ1) is 21.2. The molecule has 0 saturated heterocycles. The lowest BCUT2D eigenvalue weighted by Crippen LogP contribution is -2.30. The molecule has 1 aromatic heterocycles. The summed E-state index contributed by atoms with van der Waals surface area (Å²) in [5.74, 6) is 3.05. The molecule has 0 unspecified atom stereocenters. The van der Waals surface area contributed by atoms with Crippen LogP contribution in [0.1, 0.15) is 20.3 Å². The highest BCUT2D eigenvalue weighted by Crippen LogP contribution is 2.36. The van der Waals surface area contributed by atoms with E-state index in [9.17, 15) is 4.79 Å². The number of nitrogens with zero attached hydrogens (tertiary/aromatic N) is 1. The number of urea groups is 1. The second kappa shape index (κ2) is 9.82. The van der Waals surface area contributed by atoms with Gasteiger partial charge < -0.3 is 24.8 Å². The molecule has 0 spiro atoms. The average molecular weight is 409 g/mol. The van der Waals surface area contributed by atoms with E-state index in [1.165, 1.54) is 0 Å². The summed E-state index contributed by atoms with van der Waals surface area (Å²) in [6, 6.07) is 12.4. The van der Waals surface area contributed by atoms with Crippen LogP contribution in [0.4, 0.5) is 10.5 Å². The summed E-state index contributed by atoms with van der Waals surface area (Å²) in [4.78, 5) is 16.3. The number of aromatic nitrogens is 1. The van der Waals surface area contributed by atoms with Crippen molar-refractivity contribution in [3.63, 3.8) is 0 Å². The molecular weight excluding hydrogens is 382 g/mol. The normalized spacial score (nSPS) is 10.7. The van der Waals surface area contributed by atoms with E-state index in [-0.39, 0.29) is 6.03 Å². The van der Waals surface area contributed by atoms with Crippen molar-refractivity contribution >= 4 is 22.6 Å². The summed E-state index contributed by atoms with van der Waals surface area (Å²) < 4.78 is 16.8. The van der Waals surface area contributed by atoms with Crippen molar-refractivity contribution in [2.24, 2.45) is 5.92 Å². The fourth-order valence-electron chi connectivity index (χ4n) is 2.92. The molecular formula is C23H27N3O4. The molecule has 3 rings (SSSR count). The number of carbonyl (C=O) groups excluding carboxylic acids is 1. The van der Waals surface area contributed by atoms with Crippen LogP contribution in [0.3, 0.4) is 0 Å². The molecule has 7 nitrogen and oxygen atoms in total. The number of pyridine rings is 1. The molecule has 30 heavy (non-hydrogen) atoms. The smallest absolute Gasteiger partial charge is 0.319 e. The molecule has 0 aliphatic rings. The molecule has 0 atom stereocenters. The number of anilines is 1. The van der Waals surface area contributed by atoms with E-state index in [1.807, 2.05) is 12.1 Å². The maximum absolute atomic E-state index is 11.9. The first-order valence-corrected chi connectivity index (χ1v) is 9.83. The number of ether oxygens (including phenoxy) is 3. The monoisotopic (exact) mass is 409 g/mol. The van der Waals surface area contributed by atoms with Gasteiger partial charge in [0.05, 0.1) is 19.7 Å². The van der Waals surface area contributed by atoms with Crippen LogP contribution in [-0.2, 0) is 0 Å². The van der Waals surface area contributed by atoms with Gasteiger partial charge in [-0.25, -0.2) is 4.79 Å². The van der Waals surface area contributed by atoms with E-state index >= 15 is 0 Å². The van der Waals surface area contributed by atoms with Gasteiger partial charge >= 0.3 is 6.03 Å². The van der Waals surface area contributed by atoms with Crippen LogP contribution in [0.25, 0.3) is 10.9 Å². The summed E-state index contributed by atoms with van der Waals surface area (Å²) in [5.41, 5.74) is 1.43. The molecule has 1 heterocycles. The summed E-state index contributed by atoms with van der Waals surface area (Å²) in [6.07, 6.45) is 2.62. The van der Waals surface area contributed by atoms with Crippen LogP contribution >= 0.6 is 0 Å². The number of rotatable bonds is 8. The predicted molar refractivity (Wildman–Crippen MR) is 118 cm³/mol. The van der Waals surface area contributed by atoms with Crippen molar-refractivity contribution in [1.29, 1.82) is 0 Å². The largest absolute Gasteiger partial charge is 0.493 e. The SMILES string of the molecule is COc1cc2nccc(Oc3ccc(NC(=O)NCCC(C)C)cc3)c2cc1OC. The van der Waals surface area contributed by atoms with Crippen molar-refractivity contribution < 1.29 is 19.0 Å². The standard InChI is InChI=1S/C23H27N3O4/c1-15(2)9-11-25-23(27)26-16-5-7-17(8-6-16)30-20-10-12-24-19-14-22(29-4)21(28-3)13-18(19)20/h5-8,10,12-15H,9,11H2,1-4H3,(H2,25,26,27). The third kappa shape index (κ3) is 5.31. The number of hydrogen-bond acceptors (Lipinski definition) is 5. The maximum Gasteiger partial charge on any atom is 0.319 e. The lowest BCUT2D eigenvalue weighted by Gasteiger charge is -2.13. The molecule has 158 valence electrons. The third-order valence-electron chi connectivity index (χ3n) is 4.55. The maximum atomic E-state index is 11.9. The molecule has 7 heteroatoms. The lowest BCUT2D eigenvalue weighted by atomic mass is 10.1. The summed E-state index contributed by atoms with van der Waals surface area (Å²) in [6.45, 7) is 4.89. The molecule has 0 aliphatic heterocycles. The zero-order valence-corrected chi connectivity index (χ0v) is 17.7. The fourth-order valence-corrected chi connectivity index (χ4v) is 2.92. The summed E-state index contributed by atoms with van der Waals surface area (Å²) >= 11 is 0. The van der Waals surface area contributed by atoms with Crippen molar-refractivity contribution in [1.82, 2.24) is 10.3 Å². The number of fused-ring (bicyclic) bond motifs is 1. The summed E-state index contributed by atoms with van der Waals surface area (Å²) in [7, 11) is 3.18. The first-order chi connectivity index (χ1) is 14.5. The van der Waals surface area contributed by atoms with E-state index in [2.05, 4.69) is 29.5 Å². The van der Waals surface area contributed by atoms with E-state index < -0.39 is 0 Å². The Hall–Kier alpha value is -3.48. The Bertz CT molecular complexity index is 1000. The second-order valence-electron chi connectivity index (χ2n) is 7.22. The molecule has 2 N–H and O–H groups in total. The van der Waals surface area contributed by atoms with Crippen molar-refractivity contribution in [3.8, 4) is 23.0 Å². The van der Waals surface area contributed by atoms with E-state index in [0.29, 0.717) is 41.1 Å². The van der Waals surface area contributed by atoms with Crippen LogP contribution in [0.2, 0.25) is 0 Å². The first-order valence-electron chi connectivity index (χ1n) is 9.83. The number of carbonyl (C=O) groups is 1. The van der Waals surface area contributed by atoms with Gasteiger partial charge in [0.2, 0.25) is 0 Å². The zero-order chi connectivity index (χ0) is 21.5. The quantitative estimate of drug-likeness (QED) is 0.534. The second-order valence-corrected chi connectivity index (χ2v) is 7.22. The van der Waals surface area contributed by atoms with Gasteiger partial charge in [-0.3, -0.25) is 4.98 Å². The molecule has 0 fully saturated rings. The van der Waals surface area contributed by atoms with Crippen molar-refractivity contribution in [2.75, 3.05) is 26.1 Å². The Morgan fingerprint density at radius 1 is 1.00 bits per heavy atom. The van der Waals surface area contributed by atoms with Gasteiger partial charge in [-0.05, 0) is 48.7 Å². The minimum atomic E-state index is -0.217. The van der Waals surface area contributed by atoms with Crippen LogP contribution in [0.5, 0.6) is 23.0 Å². The molecule has 3 aromatic rings. The van der Waals surface area contributed by atoms with Gasteiger partial charge in [0.1, 0.15) is 11.5 Å². The number of amides is 2. The third-order valence-corrected chi connectivity index (χ3v) is 4.55. The Morgan fingerprint density at radius 3 is 2.37 bits per heavy atom. The number of methoxy groups -OCH3 is 2. The highest BCUT2D eigenvalue weighted by Gasteiger charge is 2.11.